The molecule has 2 nitrogen and oxygen atoms in total. The first-order chi connectivity index (χ1) is 7.70. The first-order valence-electron chi connectivity index (χ1n) is 5.85. The molecule has 0 radical (unpaired) electrons. The van der Waals surface area contributed by atoms with Crippen molar-refractivity contribution in [3.63, 3.8) is 0 Å². The van der Waals surface area contributed by atoms with Gasteiger partial charge in [-0.3, -0.25) is 0 Å². The quantitative estimate of drug-likeness (QED) is 0.531. The normalized spacial score (nSPS) is 23.2. The molecule has 0 spiro atoms. The molecule has 1 aliphatic rings. The molecule has 0 aromatic heterocycles. The van der Waals surface area contributed by atoms with Crippen LogP contribution in [0.1, 0.15) is 27.2 Å². The first kappa shape index (κ1) is 13.2. The zero-order valence-electron chi connectivity index (χ0n) is 10.4. The molecule has 0 saturated carbocycles. The summed E-state index contributed by atoms with van der Waals surface area (Å²) in [5, 5.41) is 0. The summed E-state index contributed by atoms with van der Waals surface area (Å²) in [7, 11) is 0. The fraction of sp³-hybridized carbons (Fsp3) is 0.692. The number of allylic oxidation sites excluding steroid dienone is 2. The SMILES string of the molecule is CCOC(/C(C)=C\CF)=C(/C)C1CCOC1. The average Bonchev–Trinajstić information content (AvgIpc) is 2.78. The van der Waals surface area contributed by atoms with Crippen molar-refractivity contribution >= 4 is 0 Å². The highest BCUT2D eigenvalue weighted by molar-refractivity contribution is 5.30. The predicted octanol–water partition coefficient (Wildman–Crippen LogP) is 3.25. The highest BCUT2D eigenvalue weighted by Crippen LogP contribution is 2.27. The molecule has 3 heteroatoms. The fourth-order valence-corrected chi connectivity index (χ4v) is 1.95. The van der Waals surface area contributed by atoms with E-state index in [1.54, 1.807) is 6.08 Å². The molecule has 1 saturated heterocycles. The maximum absolute atomic E-state index is 12.3. The number of alkyl halides is 1. The molecule has 0 aromatic rings. The smallest absolute Gasteiger partial charge is 0.121 e. The van der Waals surface area contributed by atoms with Crippen molar-refractivity contribution in [2.24, 2.45) is 5.92 Å². The second kappa shape index (κ2) is 6.69. The van der Waals surface area contributed by atoms with Gasteiger partial charge < -0.3 is 9.47 Å². The van der Waals surface area contributed by atoms with E-state index in [2.05, 4.69) is 6.92 Å². The monoisotopic (exact) mass is 228 g/mol. The van der Waals surface area contributed by atoms with Gasteiger partial charge in [-0.15, -0.1) is 0 Å². The van der Waals surface area contributed by atoms with Gasteiger partial charge in [-0.05, 0) is 44.4 Å². The Morgan fingerprint density at radius 2 is 2.25 bits per heavy atom. The molecule has 1 atom stereocenters. The molecule has 1 fully saturated rings. The second-order valence-electron chi connectivity index (χ2n) is 4.05. The minimum Gasteiger partial charge on any atom is -0.494 e. The molecule has 0 aromatic carbocycles. The van der Waals surface area contributed by atoms with Gasteiger partial charge in [-0.1, -0.05) is 0 Å². The molecule has 1 aliphatic heterocycles. The van der Waals surface area contributed by atoms with E-state index in [1.165, 1.54) is 5.57 Å². The number of halogens is 1. The maximum atomic E-state index is 12.3. The van der Waals surface area contributed by atoms with E-state index >= 15 is 0 Å². The van der Waals surface area contributed by atoms with Gasteiger partial charge >= 0.3 is 0 Å². The van der Waals surface area contributed by atoms with E-state index in [0.29, 0.717) is 12.5 Å². The van der Waals surface area contributed by atoms with Crippen LogP contribution in [0.15, 0.2) is 23.0 Å². The summed E-state index contributed by atoms with van der Waals surface area (Å²) in [4.78, 5) is 0. The number of hydrogen-bond acceptors (Lipinski definition) is 2. The van der Waals surface area contributed by atoms with Crippen LogP contribution >= 0.6 is 0 Å². The van der Waals surface area contributed by atoms with Gasteiger partial charge in [0.15, 0.2) is 0 Å². The van der Waals surface area contributed by atoms with Gasteiger partial charge in [-0.2, -0.15) is 0 Å². The van der Waals surface area contributed by atoms with Gasteiger partial charge in [0.25, 0.3) is 0 Å². The van der Waals surface area contributed by atoms with Crippen molar-refractivity contribution in [3.05, 3.63) is 23.0 Å². The van der Waals surface area contributed by atoms with Crippen molar-refractivity contribution in [2.45, 2.75) is 27.2 Å². The predicted molar refractivity (Wildman–Crippen MR) is 63.0 cm³/mol. The van der Waals surface area contributed by atoms with Crippen LogP contribution in [0.3, 0.4) is 0 Å². The summed E-state index contributed by atoms with van der Waals surface area (Å²) < 4.78 is 23.3. The zero-order valence-corrected chi connectivity index (χ0v) is 10.4. The Bertz CT molecular complexity index is 276. The lowest BCUT2D eigenvalue weighted by molar-refractivity contribution is 0.187. The van der Waals surface area contributed by atoms with Gasteiger partial charge in [-0.25, -0.2) is 4.39 Å². The third-order valence-electron chi connectivity index (χ3n) is 2.93. The van der Waals surface area contributed by atoms with Gasteiger partial charge in [0, 0.05) is 12.5 Å². The average molecular weight is 228 g/mol. The standard InChI is InChI=1S/C13H21FO2/c1-4-16-13(10(2)5-7-14)11(3)12-6-8-15-9-12/h5,12H,4,6-9H2,1-3H3/b10-5-,13-11-. The van der Waals surface area contributed by atoms with Crippen LogP contribution in [0.25, 0.3) is 0 Å². The third kappa shape index (κ3) is 3.34. The summed E-state index contributed by atoms with van der Waals surface area (Å²) in [6.07, 6.45) is 2.59. The van der Waals surface area contributed by atoms with E-state index in [4.69, 9.17) is 9.47 Å². The van der Waals surface area contributed by atoms with Crippen LogP contribution in [-0.4, -0.2) is 26.5 Å². The molecular weight excluding hydrogens is 207 g/mol. The van der Waals surface area contributed by atoms with Crippen molar-refractivity contribution in [1.29, 1.82) is 0 Å². The minimum atomic E-state index is -0.448. The van der Waals surface area contributed by atoms with Crippen molar-refractivity contribution < 1.29 is 13.9 Å². The van der Waals surface area contributed by atoms with E-state index in [9.17, 15) is 4.39 Å². The van der Waals surface area contributed by atoms with Crippen LogP contribution in [0.2, 0.25) is 0 Å². The molecular formula is C13H21FO2. The highest BCUT2D eigenvalue weighted by atomic mass is 19.1. The Kier molecular flexibility index (Phi) is 5.53. The molecule has 0 bridgehead atoms. The van der Waals surface area contributed by atoms with Gasteiger partial charge in [0.05, 0.1) is 13.2 Å². The number of rotatable bonds is 5. The van der Waals surface area contributed by atoms with Crippen LogP contribution in [0.4, 0.5) is 4.39 Å². The van der Waals surface area contributed by atoms with Crippen molar-refractivity contribution in [1.82, 2.24) is 0 Å². The summed E-state index contributed by atoms with van der Waals surface area (Å²) in [5.74, 6) is 1.26. The third-order valence-corrected chi connectivity index (χ3v) is 2.93. The second-order valence-corrected chi connectivity index (χ2v) is 4.05. The van der Waals surface area contributed by atoms with Crippen molar-refractivity contribution in [2.75, 3.05) is 26.5 Å². The first-order valence-corrected chi connectivity index (χ1v) is 5.85. The molecule has 1 heterocycles. The minimum absolute atomic E-state index is 0.421. The summed E-state index contributed by atoms with van der Waals surface area (Å²) in [6.45, 7) is 7.62. The van der Waals surface area contributed by atoms with E-state index < -0.39 is 6.67 Å². The lowest BCUT2D eigenvalue weighted by Crippen LogP contribution is -2.07. The Morgan fingerprint density at radius 3 is 2.75 bits per heavy atom. The van der Waals surface area contributed by atoms with Gasteiger partial charge in [0.2, 0.25) is 0 Å². The van der Waals surface area contributed by atoms with E-state index in [-0.39, 0.29) is 0 Å². The Labute approximate surface area is 97.1 Å². The molecule has 16 heavy (non-hydrogen) atoms. The van der Waals surface area contributed by atoms with E-state index in [0.717, 1.165) is 31.0 Å². The maximum Gasteiger partial charge on any atom is 0.121 e. The fourth-order valence-electron chi connectivity index (χ4n) is 1.95. The Morgan fingerprint density at radius 1 is 1.50 bits per heavy atom. The topological polar surface area (TPSA) is 18.5 Å². The molecule has 0 N–H and O–H groups in total. The van der Waals surface area contributed by atoms with Crippen LogP contribution in [0.5, 0.6) is 0 Å². The van der Waals surface area contributed by atoms with Crippen LogP contribution < -0.4 is 0 Å². The molecule has 92 valence electrons. The Balaban J connectivity index is 2.88. The lowest BCUT2D eigenvalue weighted by Gasteiger charge is -2.17. The zero-order chi connectivity index (χ0) is 12.0. The highest BCUT2D eigenvalue weighted by Gasteiger charge is 2.21. The summed E-state index contributed by atoms with van der Waals surface area (Å²) in [5.41, 5.74) is 2.07. The van der Waals surface area contributed by atoms with Crippen LogP contribution in [-0.2, 0) is 9.47 Å². The van der Waals surface area contributed by atoms with E-state index in [1.807, 2.05) is 13.8 Å². The van der Waals surface area contributed by atoms with Crippen LogP contribution in [0, 0.1) is 5.92 Å². The lowest BCUT2D eigenvalue weighted by atomic mass is 9.96. The summed E-state index contributed by atoms with van der Waals surface area (Å²) in [6, 6.07) is 0. The summed E-state index contributed by atoms with van der Waals surface area (Å²) >= 11 is 0. The number of hydrogen-bond donors (Lipinski definition) is 0. The Hall–Kier alpha value is -0.830. The molecule has 0 amide bonds. The molecule has 0 aliphatic carbocycles. The van der Waals surface area contributed by atoms with Crippen molar-refractivity contribution in [3.8, 4) is 0 Å². The largest absolute Gasteiger partial charge is 0.494 e. The molecule has 1 unspecified atom stereocenters. The number of ether oxygens (including phenoxy) is 2. The van der Waals surface area contributed by atoms with Gasteiger partial charge in [0.1, 0.15) is 12.4 Å². The molecule has 1 rings (SSSR count).